The molecular formula is C15H30N2. The van der Waals surface area contributed by atoms with Crippen molar-refractivity contribution < 1.29 is 0 Å². The molecule has 1 N–H and O–H groups in total. The van der Waals surface area contributed by atoms with E-state index in [4.69, 9.17) is 0 Å². The topological polar surface area (TPSA) is 15.3 Å². The summed E-state index contributed by atoms with van der Waals surface area (Å²) >= 11 is 0. The quantitative estimate of drug-likeness (QED) is 0.810. The van der Waals surface area contributed by atoms with Gasteiger partial charge in [0.25, 0.3) is 0 Å². The first-order valence-electron chi connectivity index (χ1n) is 7.72. The molecule has 2 rings (SSSR count). The average molecular weight is 238 g/mol. The smallest absolute Gasteiger partial charge is 0.0334 e. The van der Waals surface area contributed by atoms with Gasteiger partial charge in [0.2, 0.25) is 0 Å². The maximum absolute atomic E-state index is 3.64. The van der Waals surface area contributed by atoms with Gasteiger partial charge in [-0.1, -0.05) is 39.5 Å². The second-order valence-corrected chi connectivity index (χ2v) is 6.30. The largest absolute Gasteiger partial charge is 0.314 e. The van der Waals surface area contributed by atoms with Crippen molar-refractivity contribution >= 4 is 0 Å². The molecule has 1 atom stereocenters. The van der Waals surface area contributed by atoms with E-state index in [1.165, 1.54) is 71.1 Å². The van der Waals surface area contributed by atoms with Gasteiger partial charge in [0.05, 0.1) is 0 Å². The third-order valence-corrected chi connectivity index (χ3v) is 4.78. The molecule has 1 heterocycles. The first kappa shape index (κ1) is 13.4. The lowest BCUT2D eigenvalue weighted by atomic mass is 9.78. The van der Waals surface area contributed by atoms with Gasteiger partial charge in [-0.3, -0.25) is 4.90 Å². The molecule has 0 amide bonds. The Hall–Kier alpha value is -0.0800. The summed E-state index contributed by atoms with van der Waals surface area (Å²) in [7, 11) is 0. The van der Waals surface area contributed by atoms with Crippen LogP contribution in [0.15, 0.2) is 0 Å². The van der Waals surface area contributed by atoms with Crippen LogP contribution in [0, 0.1) is 5.92 Å². The van der Waals surface area contributed by atoms with Crippen molar-refractivity contribution in [3.8, 4) is 0 Å². The zero-order chi connectivity index (χ0) is 12.1. The molecule has 2 aliphatic rings. The lowest BCUT2D eigenvalue weighted by Crippen LogP contribution is -2.62. The molecule has 0 aromatic carbocycles. The predicted octanol–water partition coefficient (Wildman–Crippen LogP) is 3.03. The van der Waals surface area contributed by atoms with Crippen molar-refractivity contribution in [2.75, 3.05) is 26.2 Å². The van der Waals surface area contributed by atoms with E-state index in [1.807, 2.05) is 0 Å². The van der Waals surface area contributed by atoms with E-state index in [2.05, 4.69) is 24.1 Å². The second-order valence-electron chi connectivity index (χ2n) is 6.30. The molecule has 100 valence electrons. The van der Waals surface area contributed by atoms with Crippen molar-refractivity contribution in [1.82, 2.24) is 10.2 Å². The van der Waals surface area contributed by atoms with Gasteiger partial charge in [-0.25, -0.2) is 0 Å². The number of piperazine rings is 1. The van der Waals surface area contributed by atoms with Crippen LogP contribution in [0.4, 0.5) is 0 Å². The lowest BCUT2D eigenvalue weighted by Gasteiger charge is -2.50. The van der Waals surface area contributed by atoms with E-state index in [0.29, 0.717) is 5.54 Å². The van der Waals surface area contributed by atoms with Crippen LogP contribution in [0.25, 0.3) is 0 Å². The van der Waals surface area contributed by atoms with E-state index in [0.717, 1.165) is 5.92 Å². The maximum Gasteiger partial charge on any atom is 0.0334 e. The van der Waals surface area contributed by atoms with Crippen molar-refractivity contribution in [1.29, 1.82) is 0 Å². The third kappa shape index (κ3) is 3.23. The standard InChI is InChI=1S/C15H30N2/c1-3-7-14(2)12-17-11-10-16-13-15(17)8-5-4-6-9-15/h14,16H,3-13H2,1-2H3. The highest BCUT2D eigenvalue weighted by Crippen LogP contribution is 2.35. The predicted molar refractivity (Wildman–Crippen MR) is 74.3 cm³/mol. The molecule has 2 fully saturated rings. The van der Waals surface area contributed by atoms with Crippen LogP contribution >= 0.6 is 0 Å². The fourth-order valence-electron chi connectivity index (χ4n) is 3.83. The molecule has 1 unspecified atom stereocenters. The Balaban J connectivity index is 1.96. The van der Waals surface area contributed by atoms with E-state index in [-0.39, 0.29) is 0 Å². The Morgan fingerprint density at radius 3 is 2.71 bits per heavy atom. The molecule has 2 nitrogen and oxygen atoms in total. The zero-order valence-electron chi connectivity index (χ0n) is 11.8. The molecule has 17 heavy (non-hydrogen) atoms. The molecule has 1 saturated carbocycles. The van der Waals surface area contributed by atoms with Crippen molar-refractivity contribution in [3.63, 3.8) is 0 Å². The van der Waals surface area contributed by atoms with Crippen LogP contribution in [-0.2, 0) is 0 Å². The van der Waals surface area contributed by atoms with Gasteiger partial charge in [0, 0.05) is 31.7 Å². The Morgan fingerprint density at radius 2 is 2.00 bits per heavy atom. The minimum atomic E-state index is 0.526. The zero-order valence-corrected chi connectivity index (χ0v) is 11.8. The van der Waals surface area contributed by atoms with Crippen LogP contribution in [0.5, 0.6) is 0 Å². The van der Waals surface area contributed by atoms with E-state index < -0.39 is 0 Å². The average Bonchev–Trinajstić information content (AvgIpc) is 2.34. The van der Waals surface area contributed by atoms with Crippen molar-refractivity contribution in [3.05, 3.63) is 0 Å². The van der Waals surface area contributed by atoms with Crippen LogP contribution in [0.1, 0.15) is 58.8 Å². The van der Waals surface area contributed by atoms with Crippen molar-refractivity contribution in [2.45, 2.75) is 64.3 Å². The molecule has 1 aliphatic carbocycles. The van der Waals surface area contributed by atoms with Crippen LogP contribution < -0.4 is 5.32 Å². The molecule has 0 radical (unpaired) electrons. The molecule has 0 bridgehead atoms. The molecule has 1 saturated heterocycles. The number of rotatable bonds is 4. The van der Waals surface area contributed by atoms with Crippen LogP contribution in [-0.4, -0.2) is 36.6 Å². The summed E-state index contributed by atoms with van der Waals surface area (Å²) < 4.78 is 0. The Bertz CT molecular complexity index is 213. The summed E-state index contributed by atoms with van der Waals surface area (Å²) in [5.74, 6) is 0.872. The number of hydrogen-bond donors (Lipinski definition) is 1. The fourth-order valence-corrected chi connectivity index (χ4v) is 3.83. The van der Waals surface area contributed by atoms with Crippen LogP contribution in [0.3, 0.4) is 0 Å². The van der Waals surface area contributed by atoms with Gasteiger partial charge < -0.3 is 5.32 Å². The maximum atomic E-state index is 3.64. The minimum Gasteiger partial charge on any atom is -0.314 e. The lowest BCUT2D eigenvalue weighted by molar-refractivity contribution is 0.0163. The summed E-state index contributed by atoms with van der Waals surface area (Å²) in [5, 5.41) is 3.64. The summed E-state index contributed by atoms with van der Waals surface area (Å²) in [6.45, 7) is 9.78. The first-order valence-corrected chi connectivity index (χ1v) is 7.72. The summed E-state index contributed by atoms with van der Waals surface area (Å²) in [5.41, 5.74) is 0.526. The minimum absolute atomic E-state index is 0.526. The van der Waals surface area contributed by atoms with E-state index >= 15 is 0 Å². The molecule has 2 heteroatoms. The number of nitrogens with zero attached hydrogens (tertiary/aromatic N) is 1. The van der Waals surface area contributed by atoms with Gasteiger partial charge in [-0.2, -0.15) is 0 Å². The molecule has 1 aliphatic heterocycles. The molecule has 0 aromatic heterocycles. The van der Waals surface area contributed by atoms with Gasteiger partial charge in [-0.15, -0.1) is 0 Å². The summed E-state index contributed by atoms with van der Waals surface area (Å²) in [4.78, 5) is 2.84. The highest BCUT2D eigenvalue weighted by atomic mass is 15.3. The summed E-state index contributed by atoms with van der Waals surface area (Å²) in [6.07, 6.45) is 9.93. The van der Waals surface area contributed by atoms with E-state index in [1.54, 1.807) is 0 Å². The number of hydrogen-bond acceptors (Lipinski definition) is 2. The fraction of sp³-hybridized carbons (Fsp3) is 1.00. The summed E-state index contributed by atoms with van der Waals surface area (Å²) in [6, 6.07) is 0. The van der Waals surface area contributed by atoms with Gasteiger partial charge in [-0.05, 0) is 25.2 Å². The Morgan fingerprint density at radius 1 is 1.24 bits per heavy atom. The third-order valence-electron chi connectivity index (χ3n) is 4.78. The molecular weight excluding hydrogens is 208 g/mol. The highest BCUT2D eigenvalue weighted by Gasteiger charge is 2.39. The van der Waals surface area contributed by atoms with Gasteiger partial charge in [0.1, 0.15) is 0 Å². The van der Waals surface area contributed by atoms with Crippen molar-refractivity contribution in [2.24, 2.45) is 5.92 Å². The Labute approximate surface area is 107 Å². The second kappa shape index (κ2) is 6.19. The molecule has 0 aromatic rings. The molecule has 1 spiro atoms. The SMILES string of the molecule is CCCC(C)CN1CCNCC12CCCCC2. The number of nitrogens with one attached hydrogen (secondary N) is 1. The normalized spacial score (nSPS) is 27.2. The monoisotopic (exact) mass is 238 g/mol. The Kier molecular flexibility index (Phi) is 4.87. The van der Waals surface area contributed by atoms with Crippen LogP contribution in [0.2, 0.25) is 0 Å². The van der Waals surface area contributed by atoms with E-state index in [9.17, 15) is 0 Å². The van der Waals surface area contributed by atoms with Gasteiger partial charge >= 0.3 is 0 Å². The van der Waals surface area contributed by atoms with Gasteiger partial charge in [0.15, 0.2) is 0 Å². The first-order chi connectivity index (χ1) is 8.27. The highest BCUT2D eigenvalue weighted by molar-refractivity contribution is 4.98.